The van der Waals surface area contributed by atoms with Gasteiger partial charge >= 0.3 is 0 Å². The molecule has 2 N–H and O–H groups in total. The van der Waals surface area contributed by atoms with Crippen molar-refractivity contribution in [2.45, 2.75) is 57.5 Å². The quantitative estimate of drug-likeness (QED) is 0.831. The van der Waals surface area contributed by atoms with Crippen LogP contribution in [0.25, 0.3) is 0 Å². The maximum absolute atomic E-state index is 6.08. The van der Waals surface area contributed by atoms with Gasteiger partial charge in [-0.05, 0) is 44.0 Å². The molecule has 1 unspecified atom stereocenters. The smallest absolute Gasteiger partial charge is 0.119 e. The van der Waals surface area contributed by atoms with E-state index in [1.807, 2.05) is 6.07 Å². The van der Waals surface area contributed by atoms with E-state index in [1.54, 1.807) is 0 Å². The van der Waals surface area contributed by atoms with Crippen LogP contribution >= 0.6 is 0 Å². The van der Waals surface area contributed by atoms with Gasteiger partial charge in [-0.3, -0.25) is 4.90 Å². The molecular formula is C18H30N2O. The van der Waals surface area contributed by atoms with Gasteiger partial charge in [-0.15, -0.1) is 0 Å². The second-order valence-corrected chi connectivity index (χ2v) is 6.13. The maximum Gasteiger partial charge on any atom is 0.119 e. The molecule has 0 aromatic heterocycles. The number of benzene rings is 1. The van der Waals surface area contributed by atoms with E-state index in [4.69, 9.17) is 10.5 Å². The first kappa shape index (κ1) is 16.3. The zero-order valence-corrected chi connectivity index (χ0v) is 13.6. The van der Waals surface area contributed by atoms with E-state index >= 15 is 0 Å². The van der Waals surface area contributed by atoms with Crippen molar-refractivity contribution in [1.29, 1.82) is 0 Å². The standard InChI is InChI=1S/C18H30N2O/c1-3-12-21-17-11-7-8-15(13-17)18(14-19)20(2)16-9-5-4-6-10-16/h7-8,11,13,16,18H,3-6,9-10,12,14,19H2,1-2H3. The molecule has 0 spiro atoms. The van der Waals surface area contributed by atoms with Crippen LogP contribution < -0.4 is 10.5 Å². The van der Waals surface area contributed by atoms with E-state index in [2.05, 4.69) is 37.1 Å². The van der Waals surface area contributed by atoms with Crippen molar-refractivity contribution in [2.75, 3.05) is 20.2 Å². The zero-order valence-electron chi connectivity index (χ0n) is 13.6. The Bertz CT molecular complexity index is 415. The SMILES string of the molecule is CCCOc1cccc(C(CN)N(C)C2CCCCC2)c1. The Labute approximate surface area is 129 Å². The van der Waals surface area contributed by atoms with Crippen LogP contribution in [0.5, 0.6) is 5.75 Å². The van der Waals surface area contributed by atoms with Crippen LogP contribution in [-0.2, 0) is 0 Å². The molecule has 3 heteroatoms. The fraction of sp³-hybridized carbons (Fsp3) is 0.667. The molecule has 118 valence electrons. The number of hydrogen-bond acceptors (Lipinski definition) is 3. The van der Waals surface area contributed by atoms with Gasteiger partial charge in [-0.1, -0.05) is 38.3 Å². The Kier molecular flexibility index (Phi) is 6.52. The van der Waals surface area contributed by atoms with Crippen molar-refractivity contribution in [3.63, 3.8) is 0 Å². The van der Waals surface area contributed by atoms with Crippen LogP contribution in [0.4, 0.5) is 0 Å². The van der Waals surface area contributed by atoms with Crippen molar-refractivity contribution >= 4 is 0 Å². The number of rotatable bonds is 7. The zero-order chi connectivity index (χ0) is 15.1. The maximum atomic E-state index is 6.08. The molecule has 21 heavy (non-hydrogen) atoms. The Morgan fingerprint density at radius 1 is 1.29 bits per heavy atom. The molecule has 3 nitrogen and oxygen atoms in total. The first-order chi connectivity index (χ1) is 10.3. The summed E-state index contributed by atoms with van der Waals surface area (Å²) < 4.78 is 5.76. The molecule has 0 amide bonds. The number of hydrogen-bond donors (Lipinski definition) is 1. The molecule has 0 heterocycles. The second kappa shape index (κ2) is 8.40. The Balaban J connectivity index is 2.08. The molecule has 1 atom stereocenters. The monoisotopic (exact) mass is 290 g/mol. The molecule has 0 saturated heterocycles. The van der Waals surface area contributed by atoms with Crippen molar-refractivity contribution in [2.24, 2.45) is 5.73 Å². The van der Waals surface area contributed by atoms with E-state index in [-0.39, 0.29) is 0 Å². The van der Waals surface area contributed by atoms with Crippen LogP contribution in [0.15, 0.2) is 24.3 Å². The Morgan fingerprint density at radius 3 is 2.71 bits per heavy atom. The summed E-state index contributed by atoms with van der Waals surface area (Å²) >= 11 is 0. The molecule has 1 fully saturated rings. The van der Waals surface area contributed by atoms with Crippen molar-refractivity contribution in [1.82, 2.24) is 4.90 Å². The summed E-state index contributed by atoms with van der Waals surface area (Å²) in [4.78, 5) is 2.48. The van der Waals surface area contributed by atoms with Crippen LogP contribution in [0, 0.1) is 0 Å². The first-order valence-electron chi connectivity index (χ1n) is 8.41. The van der Waals surface area contributed by atoms with Crippen LogP contribution in [0.2, 0.25) is 0 Å². The summed E-state index contributed by atoms with van der Waals surface area (Å²) in [6.07, 6.45) is 7.74. The highest BCUT2D eigenvalue weighted by Gasteiger charge is 2.24. The van der Waals surface area contributed by atoms with Crippen molar-refractivity contribution in [3.8, 4) is 5.75 Å². The van der Waals surface area contributed by atoms with E-state index in [0.717, 1.165) is 18.8 Å². The van der Waals surface area contributed by atoms with Gasteiger partial charge in [0, 0.05) is 18.6 Å². The number of nitrogens with zero attached hydrogens (tertiary/aromatic N) is 1. The third-order valence-electron chi connectivity index (χ3n) is 4.58. The summed E-state index contributed by atoms with van der Waals surface area (Å²) in [6, 6.07) is 9.42. The Morgan fingerprint density at radius 2 is 2.05 bits per heavy atom. The molecule has 1 aliphatic carbocycles. The normalized spacial score (nSPS) is 17.9. The highest BCUT2D eigenvalue weighted by molar-refractivity contribution is 5.31. The highest BCUT2D eigenvalue weighted by Crippen LogP contribution is 2.29. The van der Waals surface area contributed by atoms with Gasteiger partial charge in [-0.25, -0.2) is 0 Å². The lowest BCUT2D eigenvalue weighted by Crippen LogP contribution is -2.39. The van der Waals surface area contributed by atoms with E-state index in [0.29, 0.717) is 18.6 Å². The van der Waals surface area contributed by atoms with Crippen LogP contribution in [0.1, 0.15) is 57.1 Å². The number of likely N-dealkylation sites (N-methyl/N-ethyl adjacent to an activating group) is 1. The third-order valence-corrected chi connectivity index (χ3v) is 4.58. The average Bonchev–Trinajstić information content (AvgIpc) is 2.55. The molecule has 0 aliphatic heterocycles. The minimum absolute atomic E-state index is 0.290. The largest absolute Gasteiger partial charge is 0.494 e. The minimum atomic E-state index is 0.290. The second-order valence-electron chi connectivity index (χ2n) is 6.13. The molecular weight excluding hydrogens is 260 g/mol. The van der Waals surface area contributed by atoms with Crippen molar-refractivity contribution in [3.05, 3.63) is 29.8 Å². The Hall–Kier alpha value is -1.06. The van der Waals surface area contributed by atoms with Gasteiger partial charge in [0.05, 0.1) is 6.61 Å². The molecule has 1 saturated carbocycles. The summed E-state index contributed by atoms with van der Waals surface area (Å²) in [7, 11) is 2.23. The topological polar surface area (TPSA) is 38.5 Å². The predicted molar refractivity (Wildman–Crippen MR) is 88.7 cm³/mol. The third kappa shape index (κ3) is 4.45. The average molecular weight is 290 g/mol. The summed E-state index contributed by atoms with van der Waals surface area (Å²) in [5.41, 5.74) is 7.36. The molecule has 1 aromatic carbocycles. The van der Waals surface area contributed by atoms with Gasteiger partial charge < -0.3 is 10.5 Å². The van der Waals surface area contributed by atoms with Crippen LogP contribution in [-0.4, -0.2) is 31.1 Å². The molecule has 1 aliphatic rings. The summed E-state index contributed by atoms with van der Waals surface area (Å²) in [5.74, 6) is 0.963. The summed E-state index contributed by atoms with van der Waals surface area (Å²) in [6.45, 7) is 3.56. The molecule has 1 aromatic rings. The number of ether oxygens (including phenoxy) is 1. The predicted octanol–water partition coefficient (Wildman–Crippen LogP) is 3.74. The summed E-state index contributed by atoms with van der Waals surface area (Å²) in [5, 5.41) is 0. The molecule has 0 bridgehead atoms. The van der Waals surface area contributed by atoms with E-state index < -0.39 is 0 Å². The van der Waals surface area contributed by atoms with Gasteiger partial charge in [-0.2, -0.15) is 0 Å². The fourth-order valence-electron chi connectivity index (χ4n) is 3.31. The van der Waals surface area contributed by atoms with Crippen LogP contribution in [0.3, 0.4) is 0 Å². The first-order valence-corrected chi connectivity index (χ1v) is 8.41. The van der Waals surface area contributed by atoms with Crippen molar-refractivity contribution < 1.29 is 4.74 Å². The molecule has 0 radical (unpaired) electrons. The van der Waals surface area contributed by atoms with Gasteiger partial charge in [0.25, 0.3) is 0 Å². The lowest BCUT2D eigenvalue weighted by molar-refractivity contribution is 0.140. The fourth-order valence-corrected chi connectivity index (χ4v) is 3.31. The van der Waals surface area contributed by atoms with E-state index in [1.165, 1.54) is 37.7 Å². The lowest BCUT2D eigenvalue weighted by atomic mass is 9.92. The van der Waals surface area contributed by atoms with Gasteiger partial charge in [0.2, 0.25) is 0 Å². The molecule has 2 rings (SSSR count). The van der Waals surface area contributed by atoms with E-state index in [9.17, 15) is 0 Å². The van der Waals surface area contributed by atoms with Gasteiger partial charge in [0.15, 0.2) is 0 Å². The van der Waals surface area contributed by atoms with Gasteiger partial charge in [0.1, 0.15) is 5.75 Å². The highest BCUT2D eigenvalue weighted by atomic mass is 16.5. The minimum Gasteiger partial charge on any atom is -0.494 e. The lowest BCUT2D eigenvalue weighted by Gasteiger charge is -2.37. The number of nitrogens with two attached hydrogens (primary N) is 1.